The van der Waals surface area contributed by atoms with E-state index in [1.54, 1.807) is 0 Å². The van der Waals surface area contributed by atoms with Gasteiger partial charge in [0.15, 0.2) is 0 Å². The molecular weight excluding hydrogens is 314 g/mol. The highest BCUT2D eigenvalue weighted by Crippen LogP contribution is 2.16. The fourth-order valence-corrected chi connectivity index (χ4v) is 2.37. The van der Waals surface area contributed by atoms with Crippen molar-refractivity contribution in [3.8, 4) is 5.69 Å². The third-order valence-corrected chi connectivity index (χ3v) is 3.46. The highest BCUT2D eigenvalue weighted by atomic mass is 79.9. The molecular formula is C16H14BrN3. The van der Waals surface area contributed by atoms with Crippen molar-refractivity contribution in [2.45, 2.75) is 6.54 Å². The quantitative estimate of drug-likeness (QED) is 0.776. The van der Waals surface area contributed by atoms with Crippen molar-refractivity contribution in [3.63, 3.8) is 0 Å². The van der Waals surface area contributed by atoms with E-state index in [2.05, 4.69) is 26.3 Å². The zero-order chi connectivity index (χ0) is 13.8. The van der Waals surface area contributed by atoms with E-state index in [1.807, 2.05) is 71.5 Å². The average molecular weight is 328 g/mol. The van der Waals surface area contributed by atoms with Crippen LogP contribution < -0.4 is 5.32 Å². The number of hydrogen-bond acceptors (Lipinski definition) is 2. The lowest BCUT2D eigenvalue weighted by molar-refractivity contribution is 0.844. The molecule has 0 fully saturated rings. The second-order valence-corrected chi connectivity index (χ2v) is 5.37. The van der Waals surface area contributed by atoms with Gasteiger partial charge in [-0.05, 0) is 36.4 Å². The first-order valence-electron chi connectivity index (χ1n) is 6.41. The van der Waals surface area contributed by atoms with Crippen molar-refractivity contribution in [3.05, 3.63) is 77.0 Å². The van der Waals surface area contributed by atoms with E-state index < -0.39 is 0 Å². The number of benzene rings is 2. The van der Waals surface area contributed by atoms with Crippen molar-refractivity contribution in [1.82, 2.24) is 9.78 Å². The predicted octanol–water partition coefficient (Wildman–Crippen LogP) is 4.25. The molecule has 0 unspecified atom stereocenters. The molecule has 4 heteroatoms. The number of nitrogens with zero attached hydrogens (tertiary/aromatic N) is 2. The van der Waals surface area contributed by atoms with E-state index in [0.717, 1.165) is 21.5 Å². The first-order valence-corrected chi connectivity index (χ1v) is 7.20. The van der Waals surface area contributed by atoms with E-state index in [9.17, 15) is 0 Å². The first-order chi connectivity index (χ1) is 9.81. The molecule has 3 rings (SSSR count). The molecule has 0 atom stereocenters. The number of rotatable bonds is 4. The Morgan fingerprint density at radius 3 is 2.65 bits per heavy atom. The Balaban J connectivity index is 1.69. The lowest BCUT2D eigenvalue weighted by atomic mass is 10.3. The number of nitrogens with one attached hydrogen (secondary N) is 1. The molecule has 0 spiro atoms. The van der Waals surface area contributed by atoms with Crippen LogP contribution in [0.25, 0.3) is 5.69 Å². The van der Waals surface area contributed by atoms with Crippen LogP contribution in [-0.4, -0.2) is 9.78 Å². The zero-order valence-corrected chi connectivity index (χ0v) is 12.4. The van der Waals surface area contributed by atoms with Gasteiger partial charge in [-0.2, -0.15) is 5.10 Å². The molecule has 0 bridgehead atoms. The Bertz CT molecular complexity index is 692. The molecule has 2 aromatic carbocycles. The predicted molar refractivity (Wildman–Crippen MR) is 85.0 cm³/mol. The third kappa shape index (κ3) is 3.08. The van der Waals surface area contributed by atoms with Crippen LogP contribution in [0.5, 0.6) is 0 Å². The summed E-state index contributed by atoms with van der Waals surface area (Å²) in [6.45, 7) is 0.705. The van der Waals surface area contributed by atoms with Crippen molar-refractivity contribution < 1.29 is 0 Å². The topological polar surface area (TPSA) is 29.9 Å². The van der Waals surface area contributed by atoms with Crippen LogP contribution in [0.4, 0.5) is 5.69 Å². The van der Waals surface area contributed by atoms with Gasteiger partial charge in [0.1, 0.15) is 0 Å². The molecule has 0 radical (unpaired) electrons. The number of para-hydroxylation sites is 1. The molecule has 1 heterocycles. The van der Waals surface area contributed by atoms with E-state index >= 15 is 0 Å². The summed E-state index contributed by atoms with van der Waals surface area (Å²) in [5, 5.41) is 7.92. The largest absolute Gasteiger partial charge is 0.379 e. The fourth-order valence-electron chi connectivity index (χ4n) is 1.97. The summed E-state index contributed by atoms with van der Waals surface area (Å²) in [7, 11) is 0. The van der Waals surface area contributed by atoms with Gasteiger partial charge in [-0.15, -0.1) is 0 Å². The molecule has 20 heavy (non-hydrogen) atoms. The highest BCUT2D eigenvalue weighted by Gasteiger charge is 2.01. The summed E-state index contributed by atoms with van der Waals surface area (Å²) in [6, 6.07) is 20.2. The Kier molecular flexibility index (Phi) is 3.83. The lowest BCUT2D eigenvalue weighted by Gasteiger charge is -2.04. The van der Waals surface area contributed by atoms with E-state index in [-0.39, 0.29) is 0 Å². The number of hydrogen-bond donors (Lipinski definition) is 1. The van der Waals surface area contributed by atoms with Crippen LogP contribution in [-0.2, 0) is 6.54 Å². The first kappa shape index (κ1) is 12.9. The minimum Gasteiger partial charge on any atom is -0.379 e. The van der Waals surface area contributed by atoms with Gasteiger partial charge >= 0.3 is 0 Å². The summed E-state index contributed by atoms with van der Waals surface area (Å²) < 4.78 is 2.95. The second-order valence-electron chi connectivity index (χ2n) is 4.45. The minimum atomic E-state index is 0.705. The third-order valence-electron chi connectivity index (χ3n) is 2.96. The maximum atomic E-state index is 4.56. The Hall–Kier alpha value is -2.07. The summed E-state index contributed by atoms with van der Waals surface area (Å²) in [5.74, 6) is 0. The summed E-state index contributed by atoms with van der Waals surface area (Å²) in [6.07, 6.45) is 1.98. The number of anilines is 1. The van der Waals surface area contributed by atoms with E-state index in [1.165, 1.54) is 0 Å². The molecule has 3 aromatic rings. The Morgan fingerprint density at radius 2 is 1.85 bits per heavy atom. The van der Waals surface area contributed by atoms with Gasteiger partial charge in [-0.1, -0.05) is 40.2 Å². The molecule has 100 valence electrons. The lowest BCUT2D eigenvalue weighted by Crippen LogP contribution is -2.01. The van der Waals surface area contributed by atoms with E-state index in [0.29, 0.717) is 6.54 Å². The number of halogens is 1. The van der Waals surface area contributed by atoms with Crippen molar-refractivity contribution in [1.29, 1.82) is 0 Å². The van der Waals surface area contributed by atoms with Crippen LogP contribution in [0.15, 0.2) is 71.3 Å². The Labute approximate surface area is 126 Å². The number of aromatic nitrogens is 2. The van der Waals surface area contributed by atoms with Crippen LogP contribution in [0.2, 0.25) is 0 Å². The van der Waals surface area contributed by atoms with Crippen LogP contribution >= 0.6 is 15.9 Å². The van der Waals surface area contributed by atoms with Gasteiger partial charge in [0.05, 0.1) is 17.9 Å². The second kappa shape index (κ2) is 5.92. The zero-order valence-electron chi connectivity index (χ0n) is 10.8. The van der Waals surface area contributed by atoms with Crippen LogP contribution in [0.1, 0.15) is 5.69 Å². The van der Waals surface area contributed by atoms with Crippen LogP contribution in [0.3, 0.4) is 0 Å². The monoisotopic (exact) mass is 327 g/mol. The summed E-state index contributed by atoms with van der Waals surface area (Å²) >= 11 is 3.46. The highest BCUT2D eigenvalue weighted by molar-refractivity contribution is 9.10. The fraction of sp³-hybridized carbons (Fsp3) is 0.0625. The molecule has 0 aliphatic heterocycles. The maximum Gasteiger partial charge on any atom is 0.0819 e. The molecule has 0 aliphatic carbocycles. The molecule has 1 N–H and O–H groups in total. The van der Waals surface area contributed by atoms with Gasteiger partial charge in [0, 0.05) is 16.4 Å². The molecule has 0 aliphatic rings. The summed E-state index contributed by atoms with van der Waals surface area (Å²) in [4.78, 5) is 0. The van der Waals surface area contributed by atoms with Gasteiger partial charge in [0.25, 0.3) is 0 Å². The molecule has 0 amide bonds. The normalized spacial score (nSPS) is 10.4. The van der Waals surface area contributed by atoms with Crippen molar-refractivity contribution in [2.24, 2.45) is 0 Å². The summed E-state index contributed by atoms with van der Waals surface area (Å²) in [5.41, 5.74) is 3.16. The van der Waals surface area contributed by atoms with Gasteiger partial charge in [-0.25, -0.2) is 4.68 Å². The van der Waals surface area contributed by atoms with Crippen molar-refractivity contribution >= 4 is 21.6 Å². The smallest absolute Gasteiger partial charge is 0.0819 e. The van der Waals surface area contributed by atoms with Gasteiger partial charge in [-0.3, -0.25) is 0 Å². The standard InChI is InChI=1S/C16H14BrN3/c17-13-5-4-6-14(11-13)18-12-15-9-10-20(19-15)16-7-2-1-3-8-16/h1-11,18H,12H2. The minimum absolute atomic E-state index is 0.705. The molecule has 0 saturated carbocycles. The Morgan fingerprint density at radius 1 is 1.00 bits per heavy atom. The van der Waals surface area contributed by atoms with E-state index in [4.69, 9.17) is 0 Å². The van der Waals surface area contributed by atoms with Crippen molar-refractivity contribution in [2.75, 3.05) is 5.32 Å². The average Bonchev–Trinajstić information content (AvgIpc) is 2.95. The molecule has 3 nitrogen and oxygen atoms in total. The van der Waals surface area contributed by atoms with Crippen LogP contribution in [0, 0.1) is 0 Å². The van der Waals surface area contributed by atoms with Gasteiger partial charge in [0.2, 0.25) is 0 Å². The van der Waals surface area contributed by atoms with Gasteiger partial charge < -0.3 is 5.32 Å². The molecule has 1 aromatic heterocycles. The molecule has 0 saturated heterocycles. The SMILES string of the molecule is Brc1cccc(NCc2ccn(-c3ccccc3)n2)c1. The maximum absolute atomic E-state index is 4.56.